The van der Waals surface area contributed by atoms with Crippen molar-refractivity contribution >= 4 is 52.6 Å². The lowest BCUT2D eigenvalue weighted by molar-refractivity contribution is -0.148. The van der Waals surface area contributed by atoms with E-state index in [1.165, 1.54) is 30.4 Å². The zero-order valence-electron chi connectivity index (χ0n) is 33.0. The third-order valence-corrected chi connectivity index (χ3v) is 14.4. The summed E-state index contributed by atoms with van der Waals surface area (Å²) in [5.41, 5.74) is 0.975. The largest absolute Gasteiger partial charge is 0.496 e. The molecule has 3 saturated heterocycles. The van der Waals surface area contributed by atoms with Gasteiger partial charge in [-0.3, -0.25) is 28.7 Å². The summed E-state index contributed by atoms with van der Waals surface area (Å²) in [6.07, 6.45) is 6.47. The Labute approximate surface area is 341 Å². The van der Waals surface area contributed by atoms with Gasteiger partial charge in [-0.05, 0) is 92.3 Å². The fraction of sp³-hybridized carbons (Fsp3) is 0.452. The number of halogens is 1. The van der Waals surface area contributed by atoms with Crippen LogP contribution in [0.15, 0.2) is 73.1 Å². The Bertz CT molecular complexity index is 2200. The van der Waals surface area contributed by atoms with Gasteiger partial charge in [0, 0.05) is 47.7 Å². The summed E-state index contributed by atoms with van der Waals surface area (Å²) in [4.78, 5) is 62.6. The van der Waals surface area contributed by atoms with Gasteiger partial charge in [0.25, 0.3) is 5.91 Å². The van der Waals surface area contributed by atoms with Crippen molar-refractivity contribution in [1.29, 1.82) is 0 Å². The molecule has 16 heteroatoms. The molecule has 3 amide bonds. The number of hydrogen-bond acceptors (Lipinski definition) is 10. The van der Waals surface area contributed by atoms with Crippen molar-refractivity contribution in [2.45, 2.75) is 88.9 Å². The van der Waals surface area contributed by atoms with Crippen LogP contribution in [0.25, 0.3) is 10.1 Å². The van der Waals surface area contributed by atoms with Gasteiger partial charge in [0.15, 0.2) is 0 Å². The number of methoxy groups -OCH3 is 1. The van der Waals surface area contributed by atoms with Crippen LogP contribution in [0, 0.1) is 5.92 Å². The van der Waals surface area contributed by atoms with E-state index >= 15 is 4.39 Å². The second-order valence-corrected chi connectivity index (χ2v) is 18.6. The van der Waals surface area contributed by atoms with E-state index in [0.29, 0.717) is 47.3 Å². The minimum absolute atomic E-state index is 0.0230. The number of nitrogens with zero attached hydrogens (tertiary/aromatic N) is 3. The van der Waals surface area contributed by atoms with Crippen LogP contribution in [-0.4, -0.2) is 89.4 Å². The lowest BCUT2D eigenvalue weighted by atomic mass is 9.91. The maximum Gasteiger partial charge on any atom is 0.355 e. The first-order valence-corrected chi connectivity index (χ1v) is 22.3. The minimum Gasteiger partial charge on any atom is -0.496 e. The van der Waals surface area contributed by atoms with E-state index in [9.17, 15) is 23.7 Å². The molecular weight excluding hydrogens is 785 g/mol. The number of hydrogen-bond donors (Lipinski definition) is 2. The minimum atomic E-state index is -4.44. The van der Waals surface area contributed by atoms with E-state index in [1.54, 1.807) is 77.8 Å². The predicted molar refractivity (Wildman–Crippen MR) is 218 cm³/mol. The monoisotopic (exact) mass is 833 g/mol. The number of pyridine rings is 1. The smallest absolute Gasteiger partial charge is 0.355 e. The third-order valence-electron chi connectivity index (χ3n) is 11.1. The van der Waals surface area contributed by atoms with Crippen molar-refractivity contribution in [2.24, 2.45) is 5.92 Å². The maximum absolute atomic E-state index is 16.5. The van der Waals surface area contributed by atoms with Crippen LogP contribution in [0.4, 0.5) is 4.39 Å². The van der Waals surface area contributed by atoms with Crippen LogP contribution in [0.3, 0.4) is 0 Å². The summed E-state index contributed by atoms with van der Waals surface area (Å²) in [5, 5.41) is 6.08. The Hall–Kier alpha value is -4.85. The highest BCUT2D eigenvalue weighted by Gasteiger charge is 2.49. The molecule has 0 saturated carbocycles. The second-order valence-electron chi connectivity index (χ2n) is 15.4. The first kappa shape index (κ1) is 41.3. The Morgan fingerprint density at radius 2 is 1.84 bits per heavy atom. The van der Waals surface area contributed by atoms with E-state index in [1.807, 2.05) is 6.92 Å². The van der Waals surface area contributed by atoms with Crippen LogP contribution in [0.2, 0.25) is 0 Å². The molecule has 0 bridgehead atoms. The number of ether oxygens (including phenoxy) is 2. The number of alkyl halides is 1. The first-order chi connectivity index (χ1) is 27.9. The van der Waals surface area contributed by atoms with Gasteiger partial charge in [0.1, 0.15) is 29.6 Å². The SMILES string of the molecule is CCCOC(=O)[C@H](C)N[P@@](=O)(Oc1ccccc1)[C@@H](F)c1ccc2sc(C(=O)N[C@H]3C[C@@H](C)C[C@H]4CC[C@@H](C(=O)N5CC(c6cnccc6OC)C5)N4C3=O)cc2c1. The molecule has 7 rings (SSSR count). The molecule has 2 N–H and O–H groups in total. The number of likely N-dealkylation sites (tertiary alicyclic amines) is 1. The lowest BCUT2D eigenvalue weighted by Gasteiger charge is -2.42. The Morgan fingerprint density at radius 1 is 1.07 bits per heavy atom. The van der Waals surface area contributed by atoms with Crippen molar-refractivity contribution in [2.75, 3.05) is 26.8 Å². The van der Waals surface area contributed by atoms with Gasteiger partial charge in [-0.25, -0.2) is 9.48 Å². The molecule has 3 fully saturated rings. The number of para-hydroxylation sites is 1. The molecule has 58 heavy (non-hydrogen) atoms. The summed E-state index contributed by atoms with van der Waals surface area (Å²) < 4.78 is 47.9. The Morgan fingerprint density at radius 3 is 2.59 bits per heavy atom. The topological polar surface area (TPSA) is 156 Å². The molecule has 0 radical (unpaired) electrons. The van der Waals surface area contributed by atoms with Crippen molar-refractivity contribution < 1.29 is 42.1 Å². The maximum atomic E-state index is 16.5. The number of rotatable bonds is 14. The van der Waals surface area contributed by atoms with E-state index in [0.717, 1.165) is 24.2 Å². The van der Waals surface area contributed by atoms with Crippen LogP contribution in [-0.2, 0) is 23.7 Å². The molecular formula is C42H49FN5O8PS. The zero-order valence-corrected chi connectivity index (χ0v) is 34.7. The number of fused-ring (bicyclic) bond motifs is 2. The van der Waals surface area contributed by atoms with Crippen LogP contribution in [0.5, 0.6) is 11.5 Å². The number of aromatic nitrogens is 1. The summed E-state index contributed by atoms with van der Waals surface area (Å²) in [7, 11) is -2.83. The van der Waals surface area contributed by atoms with Gasteiger partial charge in [0.05, 0.1) is 18.6 Å². The first-order valence-electron chi connectivity index (χ1n) is 19.7. The van der Waals surface area contributed by atoms with Gasteiger partial charge in [-0.15, -0.1) is 11.3 Å². The number of amides is 3. The number of carbonyl (C=O) groups is 4. The molecule has 13 nitrogen and oxygen atoms in total. The van der Waals surface area contributed by atoms with Crippen LogP contribution < -0.4 is 19.7 Å². The number of thiophene rings is 1. The normalized spacial score (nSPS) is 22.9. The predicted octanol–water partition coefficient (Wildman–Crippen LogP) is 6.99. The van der Waals surface area contributed by atoms with E-state index < -0.39 is 43.4 Å². The highest BCUT2D eigenvalue weighted by atomic mass is 32.1. The van der Waals surface area contributed by atoms with E-state index in [2.05, 4.69) is 22.3 Å². The van der Waals surface area contributed by atoms with Crippen LogP contribution in [0.1, 0.15) is 85.5 Å². The van der Waals surface area contributed by atoms with Crippen LogP contribution >= 0.6 is 18.9 Å². The van der Waals surface area contributed by atoms with Crippen molar-refractivity contribution in [3.8, 4) is 11.5 Å². The molecule has 3 aliphatic rings. The molecule has 2 aromatic carbocycles. The summed E-state index contributed by atoms with van der Waals surface area (Å²) >= 11 is 1.18. The molecule has 0 spiro atoms. The quantitative estimate of drug-likeness (QED) is 0.100. The zero-order chi connectivity index (χ0) is 41.1. The molecule has 308 valence electrons. The highest BCUT2D eigenvalue weighted by Crippen LogP contribution is 2.58. The molecule has 7 atom stereocenters. The molecule has 4 aromatic rings. The molecule has 3 aliphatic heterocycles. The number of benzene rings is 2. The molecule has 0 aliphatic carbocycles. The molecule has 0 unspecified atom stereocenters. The van der Waals surface area contributed by atoms with E-state index in [-0.39, 0.29) is 47.6 Å². The third kappa shape index (κ3) is 8.62. The van der Waals surface area contributed by atoms with Crippen molar-refractivity contribution in [1.82, 2.24) is 25.2 Å². The number of nitrogens with one attached hydrogen (secondary N) is 2. The second kappa shape index (κ2) is 17.6. The summed E-state index contributed by atoms with van der Waals surface area (Å²) in [5.74, 6) is -2.58. The van der Waals surface area contributed by atoms with Gasteiger partial charge < -0.3 is 29.1 Å². The van der Waals surface area contributed by atoms with E-state index in [4.69, 9.17) is 14.0 Å². The van der Waals surface area contributed by atoms with Gasteiger partial charge >= 0.3 is 13.5 Å². The van der Waals surface area contributed by atoms with Crippen molar-refractivity contribution in [3.63, 3.8) is 0 Å². The van der Waals surface area contributed by atoms with Gasteiger partial charge in [-0.1, -0.05) is 38.1 Å². The average molecular weight is 834 g/mol. The number of esters is 1. The van der Waals surface area contributed by atoms with Gasteiger partial charge in [0.2, 0.25) is 17.7 Å². The fourth-order valence-corrected chi connectivity index (χ4v) is 11.0. The summed E-state index contributed by atoms with van der Waals surface area (Å²) in [6, 6.07) is 13.5. The van der Waals surface area contributed by atoms with Crippen molar-refractivity contribution in [3.05, 3.63) is 89.1 Å². The lowest BCUT2D eigenvalue weighted by Crippen LogP contribution is -2.58. The fourth-order valence-electron chi connectivity index (χ4n) is 8.18. The molecule has 2 aromatic heterocycles. The highest BCUT2D eigenvalue weighted by molar-refractivity contribution is 7.57. The standard InChI is InChI=1S/C42H49FN5O8PS/c1-5-17-55-42(52)26(3)46-57(53,56-31-9-7-6-8-10-31)38(43)27-11-14-36-28(20-27)21-37(58-36)39(49)45-33-19-25(2)18-30-12-13-34(48(30)40(33)50)41(51)47-23-29(24-47)32-22-44-16-15-35(32)54-4/h6-11,14-16,20-22,25-26,29-30,33-34,38H,5,12-13,17-19,23-24H2,1-4H3,(H,45,49)(H,46,53)/t25-,26-,30+,33-,34-,38+,57-/m0/s1. The molecule has 5 heterocycles. The van der Waals surface area contributed by atoms with Gasteiger partial charge in [-0.2, -0.15) is 0 Å². The number of carbonyl (C=O) groups excluding carboxylic acids is 4. The Balaban J connectivity index is 1.05. The summed E-state index contributed by atoms with van der Waals surface area (Å²) in [6.45, 7) is 6.52. The average Bonchev–Trinajstić information content (AvgIpc) is 3.80. The Kier molecular flexibility index (Phi) is 12.5.